The Hall–Kier alpha value is -6.69. The number of benzene rings is 4. The molecule has 0 saturated carbocycles. The molecule has 12 heteroatoms. The van der Waals surface area contributed by atoms with Crippen molar-refractivity contribution in [3.8, 4) is 22.8 Å². The van der Waals surface area contributed by atoms with Gasteiger partial charge in [-0.05, 0) is 23.3 Å². The van der Waals surface area contributed by atoms with Crippen LogP contribution in [0.4, 0.5) is 9.59 Å². The minimum atomic E-state index is -1.02. The summed E-state index contributed by atoms with van der Waals surface area (Å²) in [5.41, 5.74) is 3.49. The summed E-state index contributed by atoms with van der Waals surface area (Å²) >= 11 is 0. The van der Waals surface area contributed by atoms with E-state index in [-0.39, 0.29) is 24.8 Å². The largest absolute Gasteiger partial charge is 0.445 e. The zero-order valence-electron chi connectivity index (χ0n) is 29.2. The van der Waals surface area contributed by atoms with E-state index in [1.54, 1.807) is 68.6 Å². The van der Waals surface area contributed by atoms with E-state index in [1.165, 1.54) is 0 Å². The molecule has 1 heterocycles. The van der Waals surface area contributed by atoms with Gasteiger partial charge >= 0.3 is 12.2 Å². The molecule has 0 radical (unpaired) electrons. The van der Waals surface area contributed by atoms with Crippen LogP contribution < -0.4 is 10.6 Å². The maximum absolute atomic E-state index is 13.4. The Morgan fingerprint density at radius 3 is 1.47 bits per heavy atom. The van der Waals surface area contributed by atoms with Crippen LogP contribution in [0.5, 0.6) is 0 Å². The van der Waals surface area contributed by atoms with Gasteiger partial charge in [-0.3, -0.25) is 9.59 Å². The molecular weight excluding hydrogens is 674 g/mol. The second-order valence-corrected chi connectivity index (χ2v) is 12.3. The molecule has 5 aromatic rings. The SMILES string of the molecule is CC(C=N)[C@H](NC(=O)OCc1ccccc1)C(=O)c1ccc(-c2cnc(-c3ccc(C(=O)[C@@H](NC(=O)OCc4ccccc4)C(C)C=N)cc3)o2)cc1. The van der Waals surface area contributed by atoms with Gasteiger partial charge in [-0.15, -0.1) is 0 Å². The number of amides is 2. The number of carbonyl (C=O) groups excluding carboxylic acids is 4. The maximum Gasteiger partial charge on any atom is 0.408 e. The molecule has 4 atom stereocenters. The van der Waals surface area contributed by atoms with Crippen LogP contribution in [0.15, 0.2) is 120 Å². The molecule has 4 aromatic carbocycles. The van der Waals surface area contributed by atoms with E-state index in [2.05, 4.69) is 15.6 Å². The van der Waals surface area contributed by atoms with Crippen LogP contribution in [0, 0.1) is 22.7 Å². The number of alkyl carbamates (subject to hydrolysis) is 2. The highest BCUT2D eigenvalue weighted by atomic mass is 16.6. The first-order valence-corrected chi connectivity index (χ1v) is 16.9. The molecule has 2 amide bonds. The summed E-state index contributed by atoms with van der Waals surface area (Å²) in [5.74, 6) is -1.22. The third-order valence-corrected chi connectivity index (χ3v) is 8.49. The number of aromatic nitrogens is 1. The summed E-state index contributed by atoms with van der Waals surface area (Å²) in [6.07, 6.45) is 2.21. The van der Waals surface area contributed by atoms with E-state index in [4.69, 9.17) is 24.7 Å². The lowest BCUT2D eigenvalue weighted by atomic mass is 9.94. The highest BCUT2D eigenvalue weighted by molar-refractivity contribution is 6.04. The summed E-state index contributed by atoms with van der Waals surface area (Å²) in [6, 6.07) is 29.4. The first-order chi connectivity index (χ1) is 25.7. The molecule has 2 unspecified atom stereocenters. The van der Waals surface area contributed by atoms with Gasteiger partial charge in [0.15, 0.2) is 17.3 Å². The number of hydrogen-bond acceptors (Lipinski definition) is 10. The van der Waals surface area contributed by atoms with Gasteiger partial charge in [-0.25, -0.2) is 14.6 Å². The van der Waals surface area contributed by atoms with Crippen LogP contribution in [0.1, 0.15) is 45.7 Å². The average Bonchev–Trinajstić information content (AvgIpc) is 3.71. The first kappa shape index (κ1) is 37.6. The Kier molecular flexibility index (Phi) is 12.8. The molecule has 0 aliphatic heterocycles. The fraction of sp³-hybridized carbons (Fsp3) is 0.195. The van der Waals surface area contributed by atoms with Crippen LogP contribution in [-0.2, 0) is 22.7 Å². The number of oxazole rings is 1. The number of ketones is 2. The lowest BCUT2D eigenvalue weighted by molar-refractivity contribution is 0.0897. The van der Waals surface area contributed by atoms with Gasteiger partial charge in [-0.1, -0.05) is 111 Å². The number of nitrogens with zero attached hydrogens (tertiary/aromatic N) is 1. The average molecular weight is 714 g/mol. The number of carbonyl (C=O) groups is 4. The van der Waals surface area contributed by atoms with Crippen LogP contribution in [0.3, 0.4) is 0 Å². The van der Waals surface area contributed by atoms with Gasteiger partial charge in [-0.2, -0.15) is 0 Å². The van der Waals surface area contributed by atoms with Crippen molar-refractivity contribution in [3.05, 3.63) is 138 Å². The lowest BCUT2D eigenvalue weighted by Gasteiger charge is -2.21. The Bertz CT molecular complexity index is 1890. The number of Topliss-reactive ketones (excluding diaryl/α,β-unsaturated/α-hetero) is 2. The summed E-state index contributed by atoms with van der Waals surface area (Å²) in [4.78, 5) is 56.3. The molecular formula is C41H39N5O7. The van der Waals surface area contributed by atoms with E-state index in [9.17, 15) is 19.2 Å². The van der Waals surface area contributed by atoms with Crippen LogP contribution in [0.25, 0.3) is 22.8 Å². The zero-order chi connectivity index (χ0) is 37.7. The predicted octanol–water partition coefficient (Wildman–Crippen LogP) is 7.54. The number of rotatable bonds is 16. The molecule has 12 nitrogen and oxygen atoms in total. The topological polar surface area (TPSA) is 185 Å². The van der Waals surface area contributed by atoms with Crippen molar-refractivity contribution in [3.63, 3.8) is 0 Å². The quantitative estimate of drug-likeness (QED) is 0.0597. The normalized spacial score (nSPS) is 13.0. The Morgan fingerprint density at radius 2 is 1.06 bits per heavy atom. The van der Waals surface area contributed by atoms with E-state index in [1.807, 2.05) is 60.7 Å². The minimum absolute atomic E-state index is 0.0400. The van der Waals surface area contributed by atoms with E-state index < -0.39 is 36.1 Å². The molecule has 0 aliphatic carbocycles. The van der Waals surface area contributed by atoms with Crippen molar-refractivity contribution in [1.82, 2.24) is 15.6 Å². The standard InChI is InChI=1S/C41H39N5O7/c1-26(21-42)35(45-40(49)51-24-28-9-5-3-6-10-28)37(47)31-15-13-30(14-16-31)34-23-44-39(53-34)33-19-17-32(18-20-33)38(48)36(27(2)22-43)46-41(50)52-25-29-11-7-4-8-12-29/h3-23,26-27,35-36,42-43H,24-25H2,1-2H3,(H,45,49)(H,46,50)/t26?,27?,35-,36-/m0/s1. The van der Waals surface area contributed by atoms with E-state index in [0.717, 1.165) is 23.6 Å². The third kappa shape index (κ3) is 9.97. The number of ether oxygens (including phenoxy) is 2. The van der Waals surface area contributed by atoms with Crippen molar-refractivity contribution >= 4 is 36.2 Å². The first-order valence-electron chi connectivity index (χ1n) is 16.9. The smallest absolute Gasteiger partial charge is 0.408 e. The maximum atomic E-state index is 13.4. The van der Waals surface area contributed by atoms with Crippen molar-refractivity contribution < 1.29 is 33.1 Å². The summed E-state index contributed by atoms with van der Waals surface area (Å²) in [5, 5.41) is 20.6. The molecule has 0 fully saturated rings. The van der Waals surface area contributed by atoms with E-state index >= 15 is 0 Å². The molecule has 0 saturated heterocycles. The van der Waals surface area contributed by atoms with Gasteiger partial charge in [0.1, 0.15) is 25.3 Å². The van der Waals surface area contributed by atoms with Crippen molar-refractivity contribution in [2.24, 2.45) is 11.8 Å². The Morgan fingerprint density at radius 1 is 0.642 bits per heavy atom. The molecule has 270 valence electrons. The van der Waals surface area contributed by atoms with Crippen molar-refractivity contribution in [1.29, 1.82) is 10.8 Å². The molecule has 4 N–H and O–H groups in total. The van der Waals surface area contributed by atoms with Gasteiger partial charge in [0, 0.05) is 46.5 Å². The third-order valence-electron chi connectivity index (χ3n) is 8.49. The van der Waals surface area contributed by atoms with Gasteiger partial charge < -0.3 is 35.3 Å². The highest BCUT2D eigenvalue weighted by Gasteiger charge is 2.29. The lowest BCUT2D eigenvalue weighted by Crippen LogP contribution is -2.45. The fourth-order valence-electron chi connectivity index (χ4n) is 5.32. The van der Waals surface area contributed by atoms with Crippen LogP contribution in [-0.4, -0.2) is 53.2 Å². The van der Waals surface area contributed by atoms with Crippen molar-refractivity contribution in [2.45, 2.75) is 39.1 Å². The molecule has 0 bridgehead atoms. The molecule has 0 spiro atoms. The van der Waals surface area contributed by atoms with Gasteiger partial charge in [0.25, 0.3) is 0 Å². The molecule has 0 aliphatic rings. The van der Waals surface area contributed by atoms with Crippen LogP contribution in [0.2, 0.25) is 0 Å². The fourth-order valence-corrected chi connectivity index (χ4v) is 5.32. The number of nitrogens with one attached hydrogen (secondary N) is 4. The molecule has 53 heavy (non-hydrogen) atoms. The van der Waals surface area contributed by atoms with Crippen molar-refractivity contribution in [2.75, 3.05) is 0 Å². The van der Waals surface area contributed by atoms with Gasteiger partial charge in [0.2, 0.25) is 5.89 Å². The number of hydrogen-bond donors (Lipinski definition) is 4. The summed E-state index contributed by atoms with van der Waals surface area (Å²) in [7, 11) is 0. The second-order valence-electron chi connectivity index (χ2n) is 12.3. The second kappa shape index (κ2) is 18.0. The summed E-state index contributed by atoms with van der Waals surface area (Å²) in [6.45, 7) is 3.40. The summed E-state index contributed by atoms with van der Waals surface area (Å²) < 4.78 is 16.6. The molecule has 5 rings (SSSR count). The predicted molar refractivity (Wildman–Crippen MR) is 199 cm³/mol. The monoisotopic (exact) mass is 713 g/mol. The Balaban J connectivity index is 1.21. The zero-order valence-corrected chi connectivity index (χ0v) is 29.2. The minimum Gasteiger partial charge on any atom is -0.445 e. The van der Waals surface area contributed by atoms with Crippen LogP contribution >= 0.6 is 0 Å². The molecule has 1 aromatic heterocycles. The van der Waals surface area contributed by atoms with Gasteiger partial charge in [0.05, 0.1) is 6.20 Å². The Labute approximate surface area is 306 Å². The highest BCUT2D eigenvalue weighted by Crippen LogP contribution is 2.27. The van der Waals surface area contributed by atoms with E-state index in [0.29, 0.717) is 33.9 Å².